The maximum atomic E-state index is 13.6. The van der Waals surface area contributed by atoms with Crippen molar-refractivity contribution in [2.45, 2.75) is 26.8 Å². The molecule has 1 aliphatic heterocycles. The topological polar surface area (TPSA) is 93.9 Å². The quantitative estimate of drug-likeness (QED) is 0.252. The molecule has 0 spiro atoms. The number of ether oxygens (including phenoxy) is 1. The summed E-state index contributed by atoms with van der Waals surface area (Å²) in [6.45, 7) is 5.22. The number of carbonyl (C=O) groups is 3. The van der Waals surface area contributed by atoms with Crippen molar-refractivity contribution in [2.75, 3.05) is 0 Å². The van der Waals surface area contributed by atoms with Crippen molar-refractivity contribution in [3.05, 3.63) is 98.7 Å². The molecule has 0 saturated carbocycles. The van der Waals surface area contributed by atoms with Gasteiger partial charge in [-0.2, -0.15) is 0 Å². The first-order valence-electron chi connectivity index (χ1n) is 11.7. The van der Waals surface area contributed by atoms with Crippen molar-refractivity contribution in [1.29, 1.82) is 0 Å². The minimum absolute atomic E-state index is 0.0382. The number of halogens is 1. The number of amides is 2. The summed E-state index contributed by atoms with van der Waals surface area (Å²) >= 11 is 6.03. The second-order valence-electron chi connectivity index (χ2n) is 9.23. The van der Waals surface area contributed by atoms with Crippen LogP contribution in [0.3, 0.4) is 0 Å². The molecule has 1 aromatic heterocycles. The Kier molecular flexibility index (Phi) is 6.17. The largest absolute Gasteiger partial charge is 0.452 e. The summed E-state index contributed by atoms with van der Waals surface area (Å²) in [4.78, 5) is 54.3. The number of hydrogen-bond donors (Lipinski definition) is 0. The number of fused-ring (bicyclic) bond motifs is 2. The molecule has 0 saturated heterocycles. The van der Waals surface area contributed by atoms with Crippen molar-refractivity contribution < 1.29 is 23.5 Å². The van der Waals surface area contributed by atoms with Gasteiger partial charge in [0, 0.05) is 10.6 Å². The lowest BCUT2D eigenvalue weighted by Crippen LogP contribution is -2.49. The van der Waals surface area contributed by atoms with E-state index in [9.17, 15) is 19.2 Å². The number of hydrogen-bond acceptors (Lipinski definition) is 6. The summed E-state index contributed by atoms with van der Waals surface area (Å²) in [7, 11) is 0. The highest BCUT2D eigenvalue weighted by molar-refractivity contribution is 6.30. The average Bonchev–Trinajstić information content (AvgIpc) is 3.12. The van der Waals surface area contributed by atoms with Crippen LogP contribution in [0.5, 0.6) is 5.75 Å². The molecule has 1 atom stereocenters. The van der Waals surface area contributed by atoms with E-state index in [1.807, 2.05) is 6.92 Å². The lowest BCUT2D eigenvalue weighted by atomic mass is 10.0. The monoisotopic (exact) mass is 515 g/mol. The van der Waals surface area contributed by atoms with Gasteiger partial charge in [0.15, 0.2) is 5.76 Å². The minimum atomic E-state index is -1.27. The second-order valence-corrected chi connectivity index (χ2v) is 9.67. The normalized spacial score (nSPS) is 13.8. The van der Waals surface area contributed by atoms with E-state index in [0.29, 0.717) is 16.2 Å². The van der Waals surface area contributed by atoms with Crippen LogP contribution >= 0.6 is 11.6 Å². The Morgan fingerprint density at radius 1 is 0.919 bits per heavy atom. The van der Waals surface area contributed by atoms with E-state index in [0.717, 1.165) is 10.5 Å². The number of rotatable bonds is 5. The summed E-state index contributed by atoms with van der Waals surface area (Å²) in [5, 5.41) is 0.717. The minimum Gasteiger partial charge on any atom is -0.452 e. The van der Waals surface area contributed by atoms with Gasteiger partial charge < -0.3 is 9.15 Å². The predicted molar refractivity (Wildman–Crippen MR) is 139 cm³/mol. The van der Waals surface area contributed by atoms with Gasteiger partial charge >= 0.3 is 5.97 Å². The van der Waals surface area contributed by atoms with Gasteiger partial charge in [0.2, 0.25) is 11.2 Å². The molecule has 8 heteroatoms. The van der Waals surface area contributed by atoms with Crippen LogP contribution in [-0.2, 0) is 4.79 Å². The van der Waals surface area contributed by atoms with E-state index in [2.05, 4.69) is 0 Å². The van der Waals surface area contributed by atoms with Crippen LogP contribution in [0.2, 0.25) is 5.02 Å². The van der Waals surface area contributed by atoms with Gasteiger partial charge in [-0.25, -0.2) is 4.79 Å². The standard InChI is InChI=1S/C29H22ClNO6/c1-15(2)23(31-27(33)19-6-4-5-7-20(19)28(31)34)29(35)37-26-24(32)21-14-16(3)8-13-22(21)36-25(26)17-9-11-18(30)12-10-17/h4-15,23H,1-3H3. The van der Waals surface area contributed by atoms with Crippen molar-refractivity contribution >= 4 is 40.4 Å². The number of esters is 1. The van der Waals surface area contributed by atoms with Gasteiger partial charge in [0.1, 0.15) is 11.6 Å². The highest BCUT2D eigenvalue weighted by Gasteiger charge is 2.45. The number of nitrogens with zero attached hydrogens (tertiary/aromatic N) is 1. The molecule has 37 heavy (non-hydrogen) atoms. The molecule has 1 unspecified atom stereocenters. The Morgan fingerprint density at radius 2 is 1.54 bits per heavy atom. The molecule has 0 bridgehead atoms. The van der Waals surface area contributed by atoms with Crippen molar-refractivity contribution in [3.8, 4) is 17.1 Å². The van der Waals surface area contributed by atoms with E-state index in [1.165, 1.54) is 12.1 Å². The first-order chi connectivity index (χ1) is 17.7. The average molecular weight is 516 g/mol. The van der Waals surface area contributed by atoms with E-state index >= 15 is 0 Å². The van der Waals surface area contributed by atoms with Crippen molar-refractivity contribution in [2.24, 2.45) is 5.92 Å². The Hall–Kier alpha value is -4.23. The summed E-state index contributed by atoms with van der Waals surface area (Å²) in [5.41, 5.74) is 1.49. The Labute approximate surface area is 217 Å². The highest BCUT2D eigenvalue weighted by Crippen LogP contribution is 2.34. The third-order valence-electron chi connectivity index (χ3n) is 6.29. The van der Waals surface area contributed by atoms with E-state index < -0.39 is 35.2 Å². The van der Waals surface area contributed by atoms with Crippen molar-refractivity contribution in [3.63, 3.8) is 0 Å². The third kappa shape index (κ3) is 4.21. The maximum Gasteiger partial charge on any atom is 0.335 e. The summed E-state index contributed by atoms with van der Waals surface area (Å²) in [6, 6.07) is 16.8. The maximum absolute atomic E-state index is 13.6. The Balaban J connectivity index is 1.61. The molecule has 0 radical (unpaired) electrons. The fourth-order valence-corrected chi connectivity index (χ4v) is 4.60. The van der Waals surface area contributed by atoms with Crippen LogP contribution < -0.4 is 10.2 Å². The van der Waals surface area contributed by atoms with Crippen molar-refractivity contribution in [1.82, 2.24) is 4.90 Å². The molecule has 186 valence electrons. The zero-order valence-corrected chi connectivity index (χ0v) is 21.0. The number of imide groups is 1. The zero-order valence-electron chi connectivity index (χ0n) is 20.3. The summed E-state index contributed by atoms with van der Waals surface area (Å²) in [5.74, 6) is -2.88. The van der Waals surface area contributed by atoms with Crippen LogP contribution in [0, 0.1) is 12.8 Å². The highest BCUT2D eigenvalue weighted by atomic mass is 35.5. The zero-order chi connectivity index (χ0) is 26.4. The lowest BCUT2D eigenvalue weighted by molar-refractivity contribution is -0.140. The van der Waals surface area contributed by atoms with E-state index in [4.69, 9.17) is 20.8 Å². The van der Waals surface area contributed by atoms with Crippen LogP contribution in [0.1, 0.15) is 40.1 Å². The number of benzene rings is 3. The van der Waals surface area contributed by atoms with E-state index in [1.54, 1.807) is 68.4 Å². The van der Waals surface area contributed by atoms with Gasteiger partial charge in [0.05, 0.1) is 16.5 Å². The van der Waals surface area contributed by atoms with Gasteiger partial charge in [-0.1, -0.05) is 49.2 Å². The fourth-order valence-electron chi connectivity index (χ4n) is 4.47. The Bertz CT molecular complexity index is 1600. The Morgan fingerprint density at radius 3 is 2.14 bits per heavy atom. The molecule has 1 aliphatic rings. The molecule has 0 aliphatic carbocycles. The van der Waals surface area contributed by atoms with E-state index in [-0.39, 0.29) is 28.0 Å². The van der Waals surface area contributed by atoms with Gasteiger partial charge in [-0.15, -0.1) is 0 Å². The summed E-state index contributed by atoms with van der Waals surface area (Å²) < 4.78 is 11.8. The molecule has 5 rings (SSSR count). The fraction of sp³-hybridized carbons (Fsp3) is 0.172. The third-order valence-corrected chi connectivity index (χ3v) is 6.54. The first kappa shape index (κ1) is 24.5. The molecule has 4 aromatic rings. The molecule has 2 amide bonds. The lowest BCUT2D eigenvalue weighted by Gasteiger charge is -2.27. The summed E-state index contributed by atoms with van der Waals surface area (Å²) in [6.07, 6.45) is 0. The first-order valence-corrected chi connectivity index (χ1v) is 12.1. The smallest absolute Gasteiger partial charge is 0.335 e. The molecule has 0 fully saturated rings. The van der Waals surface area contributed by atoms with Crippen LogP contribution in [0.4, 0.5) is 0 Å². The van der Waals surface area contributed by atoms with Gasteiger partial charge in [-0.3, -0.25) is 19.3 Å². The SMILES string of the molecule is Cc1ccc2oc(-c3ccc(Cl)cc3)c(OC(=O)C(C(C)C)N3C(=O)c4ccccc4C3=O)c(=O)c2c1. The molecule has 2 heterocycles. The molecule has 7 nitrogen and oxygen atoms in total. The number of carbonyl (C=O) groups excluding carboxylic acids is 3. The van der Waals surface area contributed by atoms with Crippen LogP contribution in [0.25, 0.3) is 22.3 Å². The number of aryl methyl sites for hydroxylation is 1. The van der Waals surface area contributed by atoms with Crippen LogP contribution in [0.15, 0.2) is 75.9 Å². The van der Waals surface area contributed by atoms with Crippen LogP contribution in [-0.4, -0.2) is 28.7 Å². The second kappa shape index (κ2) is 9.33. The molecular formula is C29H22ClNO6. The molecule has 0 N–H and O–H groups in total. The predicted octanol–water partition coefficient (Wildman–Crippen LogP) is 5.65. The van der Waals surface area contributed by atoms with Gasteiger partial charge in [0.25, 0.3) is 11.8 Å². The molecule has 3 aromatic carbocycles. The molecular weight excluding hydrogens is 494 g/mol. The van der Waals surface area contributed by atoms with Gasteiger partial charge in [-0.05, 0) is 61.4 Å².